The number of hydrogen-bond acceptors (Lipinski definition) is 2. The van der Waals surface area contributed by atoms with Gasteiger partial charge in [-0.2, -0.15) is 0 Å². The molecule has 3 nitrogen and oxygen atoms in total. The van der Waals surface area contributed by atoms with Crippen LogP contribution in [0.15, 0.2) is 48.1 Å². The third kappa shape index (κ3) is 6.91. The number of hydrogen-bond donors (Lipinski definition) is 1. The standard InChI is InChI=1S/C18H25NO2/c1-3-19(4-2)15-9-14-17(18(20)21)13-8-12-16-10-6-5-7-11-16/h5-8,10-13H,3-4,9,14-15H2,1-2H3,(H,20,21). The number of nitrogens with zero attached hydrogens (tertiary/aromatic N) is 1. The van der Waals surface area contributed by atoms with Crippen molar-refractivity contribution >= 4 is 12.0 Å². The molecule has 1 aromatic carbocycles. The molecule has 0 aromatic heterocycles. The highest BCUT2D eigenvalue weighted by Gasteiger charge is 2.07. The predicted molar refractivity (Wildman–Crippen MR) is 88.2 cm³/mol. The summed E-state index contributed by atoms with van der Waals surface area (Å²) in [6, 6.07) is 9.87. The molecular weight excluding hydrogens is 262 g/mol. The molecule has 0 fully saturated rings. The van der Waals surface area contributed by atoms with Crippen LogP contribution in [-0.4, -0.2) is 35.6 Å². The van der Waals surface area contributed by atoms with Crippen LogP contribution in [0.5, 0.6) is 0 Å². The van der Waals surface area contributed by atoms with Crippen LogP contribution in [0.25, 0.3) is 6.08 Å². The zero-order valence-corrected chi connectivity index (χ0v) is 13.0. The average Bonchev–Trinajstić information content (AvgIpc) is 2.50. The van der Waals surface area contributed by atoms with Crippen LogP contribution in [0.3, 0.4) is 0 Å². The molecule has 0 atom stereocenters. The molecule has 0 bridgehead atoms. The van der Waals surface area contributed by atoms with E-state index >= 15 is 0 Å². The monoisotopic (exact) mass is 287 g/mol. The Morgan fingerprint density at radius 3 is 2.43 bits per heavy atom. The Hall–Kier alpha value is -1.87. The average molecular weight is 287 g/mol. The van der Waals surface area contributed by atoms with E-state index in [9.17, 15) is 9.90 Å². The second-order valence-corrected chi connectivity index (χ2v) is 4.90. The highest BCUT2D eigenvalue weighted by atomic mass is 16.4. The second-order valence-electron chi connectivity index (χ2n) is 4.90. The van der Waals surface area contributed by atoms with Crippen LogP contribution < -0.4 is 0 Å². The first-order chi connectivity index (χ1) is 10.2. The number of carbonyl (C=O) groups is 1. The van der Waals surface area contributed by atoms with Gasteiger partial charge in [0.15, 0.2) is 0 Å². The fourth-order valence-electron chi connectivity index (χ4n) is 2.13. The van der Waals surface area contributed by atoms with Crippen LogP contribution in [0.2, 0.25) is 0 Å². The van der Waals surface area contributed by atoms with E-state index in [1.807, 2.05) is 42.5 Å². The highest BCUT2D eigenvalue weighted by molar-refractivity contribution is 5.87. The van der Waals surface area contributed by atoms with Crippen LogP contribution >= 0.6 is 0 Å². The summed E-state index contributed by atoms with van der Waals surface area (Å²) in [4.78, 5) is 13.5. The van der Waals surface area contributed by atoms with Gasteiger partial charge in [-0.25, -0.2) is 4.79 Å². The lowest BCUT2D eigenvalue weighted by Gasteiger charge is -2.17. The van der Waals surface area contributed by atoms with Gasteiger partial charge in [0, 0.05) is 5.57 Å². The molecule has 3 heteroatoms. The summed E-state index contributed by atoms with van der Waals surface area (Å²) in [6.45, 7) is 7.22. The summed E-state index contributed by atoms with van der Waals surface area (Å²) in [5, 5.41) is 9.23. The fraction of sp³-hybridized carbons (Fsp3) is 0.389. The van der Waals surface area contributed by atoms with Crippen molar-refractivity contribution in [2.24, 2.45) is 0 Å². The molecule has 1 aromatic rings. The SMILES string of the molecule is CCN(CC)CCCC(=CC=Cc1ccccc1)C(=O)O. The fourth-order valence-corrected chi connectivity index (χ4v) is 2.13. The van der Waals surface area contributed by atoms with Gasteiger partial charge in [-0.05, 0) is 38.0 Å². The first-order valence-electron chi connectivity index (χ1n) is 7.55. The van der Waals surface area contributed by atoms with Gasteiger partial charge in [-0.15, -0.1) is 0 Å². The Morgan fingerprint density at radius 2 is 1.86 bits per heavy atom. The summed E-state index contributed by atoms with van der Waals surface area (Å²) < 4.78 is 0. The van der Waals surface area contributed by atoms with Crippen molar-refractivity contribution in [3.8, 4) is 0 Å². The van der Waals surface area contributed by atoms with Crippen molar-refractivity contribution in [2.45, 2.75) is 26.7 Å². The topological polar surface area (TPSA) is 40.5 Å². The lowest BCUT2D eigenvalue weighted by atomic mass is 10.1. The van der Waals surface area contributed by atoms with E-state index in [0.29, 0.717) is 12.0 Å². The zero-order valence-electron chi connectivity index (χ0n) is 13.0. The van der Waals surface area contributed by atoms with Crippen molar-refractivity contribution in [1.29, 1.82) is 0 Å². The third-order valence-electron chi connectivity index (χ3n) is 3.48. The maximum atomic E-state index is 11.2. The van der Waals surface area contributed by atoms with Gasteiger partial charge < -0.3 is 10.0 Å². The van der Waals surface area contributed by atoms with Gasteiger partial charge in [0.2, 0.25) is 0 Å². The van der Waals surface area contributed by atoms with Crippen LogP contribution in [0, 0.1) is 0 Å². The van der Waals surface area contributed by atoms with Crippen molar-refractivity contribution < 1.29 is 9.90 Å². The first kappa shape index (κ1) is 17.2. The minimum Gasteiger partial charge on any atom is -0.478 e. The van der Waals surface area contributed by atoms with E-state index in [0.717, 1.165) is 31.6 Å². The van der Waals surface area contributed by atoms with Gasteiger partial charge >= 0.3 is 5.97 Å². The molecule has 0 amide bonds. The Morgan fingerprint density at radius 1 is 1.19 bits per heavy atom. The van der Waals surface area contributed by atoms with Gasteiger partial charge in [0.25, 0.3) is 0 Å². The molecule has 0 aliphatic heterocycles. The summed E-state index contributed by atoms with van der Waals surface area (Å²) in [6.07, 6.45) is 6.92. The van der Waals surface area contributed by atoms with E-state index in [1.165, 1.54) is 0 Å². The maximum Gasteiger partial charge on any atom is 0.331 e. The van der Waals surface area contributed by atoms with Crippen molar-refractivity contribution in [1.82, 2.24) is 4.90 Å². The summed E-state index contributed by atoms with van der Waals surface area (Å²) >= 11 is 0. The quantitative estimate of drug-likeness (QED) is 0.554. The first-order valence-corrected chi connectivity index (χ1v) is 7.55. The van der Waals surface area contributed by atoms with E-state index in [4.69, 9.17) is 0 Å². The van der Waals surface area contributed by atoms with E-state index in [-0.39, 0.29) is 0 Å². The molecule has 21 heavy (non-hydrogen) atoms. The summed E-state index contributed by atoms with van der Waals surface area (Å²) in [5.74, 6) is -0.827. The molecule has 0 aliphatic rings. The van der Waals surface area contributed by atoms with E-state index in [2.05, 4.69) is 18.7 Å². The number of benzene rings is 1. The predicted octanol–water partition coefficient (Wildman–Crippen LogP) is 3.83. The van der Waals surface area contributed by atoms with Crippen molar-refractivity contribution in [3.63, 3.8) is 0 Å². The molecular formula is C18H25NO2. The normalized spacial score (nSPS) is 12.2. The molecule has 0 aliphatic carbocycles. The van der Waals surface area contributed by atoms with Gasteiger partial charge in [0.05, 0.1) is 0 Å². The largest absolute Gasteiger partial charge is 0.478 e. The maximum absolute atomic E-state index is 11.2. The lowest BCUT2D eigenvalue weighted by Crippen LogP contribution is -2.24. The number of allylic oxidation sites excluding steroid dienone is 2. The molecule has 0 unspecified atom stereocenters. The number of aliphatic carboxylic acids is 1. The molecule has 1 rings (SSSR count). The molecule has 114 valence electrons. The highest BCUT2D eigenvalue weighted by Crippen LogP contribution is 2.08. The summed E-state index contributed by atoms with van der Waals surface area (Å²) in [7, 11) is 0. The molecule has 0 saturated heterocycles. The van der Waals surface area contributed by atoms with Crippen LogP contribution in [0.1, 0.15) is 32.3 Å². The number of carboxylic acid groups (broad SMARTS) is 1. The Labute approximate surface area is 127 Å². The van der Waals surface area contributed by atoms with Crippen molar-refractivity contribution in [2.75, 3.05) is 19.6 Å². The second kappa shape index (κ2) is 9.94. The smallest absolute Gasteiger partial charge is 0.331 e. The van der Waals surface area contributed by atoms with E-state index < -0.39 is 5.97 Å². The molecule has 0 radical (unpaired) electrons. The number of rotatable bonds is 9. The molecule has 0 saturated carbocycles. The van der Waals surface area contributed by atoms with Crippen LogP contribution in [0.4, 0.5) is 0 Å². The molecule has 1 N–H and O–H groups in total. The van der Waals surface area contributed by atoms with E-state index in [1.54, 1.807) is 6.08 Å². The third-order valence-corrected chi connectivity index (χ3v) is 3.48. The zero-order chi connectivity index (χ0) is 15.5. The summed E-state index contributed by atoms with van der Waals surface area (Å²) in [5.41, 5.74) is 1.54. The lowest BCUT2D eigenvalue weighted by molar-refractivity contribution is -0.132. The minimum absolute atomic E-state index is 0.467. The van der Waals surface area contributed by atoms with Gasteiger partial charge in [-0.3, -0.25) is 0 Å². The molecule has 0 heterocycles. The Balaban J connectivity index is 2.54. The number of carboxylic acids is 1. The Kier molecular flexibility index (Phi) is 8.14. The van der Waals surface area contributed by atoms with Gasteiger partial charge in [0.1, 0.15) is 0 Å². The van der Waals surface area contributed by atoms with Gasteiger partial charge in [-0.1, -0.05) is 62.4 Å². The molecule has 0 spiro atoms. The Bertz CT molecular complexity index is 473. The van der Waals surface area contributed by atoms with Crippen LogP contribution in [-0.2, 0) is 4.79 Å². The van der Waals surface area contributed by atoms with Crippen molar-refractivity contribution in [3.05, 3.63) is 53.6 Å². The minimum atomic E-state index is -0.827.